The number of fused-ring (bicyclic) bond motifs is 1. The maximum absolute atomic E-state index is 6.18. The van der Waals surface area contributed by atoms with E-state index >= 15 is 0 Å². The average Bonchev–Trinajstić information content (AvgIpc) is 2.50. The Bertz CT molecular complexity index is 798. The van der Waals surface area contributed by atoms with E-state index in [1.54, 1.807) is 0 Å². The first-order valence-corrected chi connectivity index (χ1v) is 7.98. The number of halogens is 2. The monoisotopic (exact) mass is 359 g/mol. The van der Waals surface area contributed by atoms with Crippen LogP contribution in [0.25, 0.3) is 10.8 Å². The van der Waals surface area contributed by atoms with Crippen LogP contribution >= 0.6 is 27.5 Å². The number of benzene rings is 3. The minimum atomic E-state index is 0.756. The Labute approximate surface area is 138 Å². The van der Waals surface area contributed by atoms with E-state index in [1.807, 2.05) is 13.0 Å². The highest BCUT2D eigenvalue weighted by molar-refractivity contribution is 9.10. The van der Waals surface area contributed by atoms with Crippen LogP contribution in [0.1, 0.15) is 11.1 Å². The van der Waals surface area contributed by atoms with Gasteiger partial charge in [-0.25, -0.2) is 0 Å². The van der Waals surface area contributed by atoms with E-state index in [0.717, 1.165) is 27.3 Å². The molecule has 0 atom stereocenters. The number of nitrogens with one attached hydrogen (secondary N) is 1. The van der Waals surface area contributed by atoms with Gasteiger partial charge in [0.2, 0.25) is 0 Å². The lowest BCUT2D eigenvalue weighted by molar-refractivity contribution is 1.15. The Hall–Kier alpha value is -1.51. The lowest BCUT2D eigenvalue weighted by atomic mass is 10.1. The Balaban J connectivity index is 1.88. The van der Waals surface area contributed by atoms with Crippen molar-refractivity contribution in [2.24, 2.45) is 0 Å². The van der Waals surface area contributed by atoms with Gasteiger partial charge in [0.1, 0.15) is 0 Å². The normalized spacial score (nSPS) is 10.8. The molecule has 0 amide bonds. The lowest BCUT2D eigenvalue weighted by Crippen LogP contribution is -2.00. The van der Waals surface area contributed by atoms with E-state index in [0.29, 0.717) is 0 Å². The van der Waals surface area contributed by atoms with Crippen molar-refractivity contribution in [3.63, 3.8) is 0 Å². The largest absolute Gasteiger partial charge is 0.380 e. The first kappa shape index (κ1) is 14.4. The fraction of sp³-hybridized carbons (Fsp3) is 0.111. The predicted octanol–water partition coefficient (Wildman–Crippen LogP) is 6.18. The molecule has 0 saturated carbocycles. The minimum absolute atomic E-state index is 0.756. The van der Waals surface area contributed by atoms with Gasteiger partial charge in [0.15, 0.2) is 0 Å². The topological polar surface area (TPSA) is 12.0 Å². The van der Waals surface area contributed by atoms with Gasteiger partial charge in [-0.3, -0.25) is 0 Å². The van der Waals surface area contributed by atoms with Gasteiger partial charge in [-0.2, -0.15) is 0 Å². The first-order chi connectivity index (χ1) is 10.1. The molecule has 3 aromatic rings. The van der Waals surface area contributed by atoms with Gasteiger partial charge in [0, 0.05) is 27.1 Å². The molecule has 1 N–H and O–H groups in total. The summed E-state index contributed by atoms with van der Waals surface area (Å²) in [5.74, 6) is 0. The van der Waals surface area contributed by atoms with Gasteiger partial charge in [0.25, 0.3) is 0 Å². The molecule has 0 heterocycles. The molecule has 106 valence electrons. The Morgan fingerprint density at radius 3 is 2.52 bits per heavy atom. The second-order valence-electron chi connectivity index (χ2n) is 5.08. The Morgan fingerprint density at radius 1 is 1.00 bits per heavy atom. The summed E-state index contributed by atoms with van der Waals surface area (Å²) in [5, 5.41) is 6.74. The zero-order valence-corrected chi connectivity index (χ0v) is 14.0. The van der Waals surface area contributed by atoms with E-state index in [9.17, 15) is 0 Å². The molecular weight excluding hydrogens is 346 g/mol. The molecule has 0 aromatic heterocycles. The molecule has 21 heavy (non-hydrogen) atoms. The second-order valence-corrected chi connectivity index (χ2v) is 6.34. The van der Waals surface area contributed by atoms with Crippen molar-refractivity contribution in [1.29, 1.82) is 0 Å². The highest BCUT2D eigenvalue weighted by Gasteiger charge is 2.04. The second kappa shape index (κ2) is 6.08. The third-order valence-corrected chi connectivity index (χ3v) is 4.69. The maximum Gasteiger partial charge on any atom is 0.0438 e. The zero-order chi connectivity index (χ0) is 14.8. The molecule has 0 unspecified atom stereocenters. The highest BCUT2D eigenvalue weighted by atomic mass is 79.9. The van der Waals surface area contributed by atoms with Gasteiger partial charge in [0.05, 0.1) is 0 Å². The lowest BCUT2D eigenvalue weighted by Gasteiger charge is -2.11. The van der Waals surface area contributed by atoms with Crippen LogP contribution in [0.15, 0.2) is 59.1 Å². The highest BCUT2D eigenvalue weighted by Crippen LogP contribution is 2.30. The molecule has 1 nitrogen and oxygen atoms in total. The number of aryl methyl sites for hydroxylation is 1. The van der Waals surface area contributed by atoms with Crippen LogP contribution in [0, 0.1) is 6.92 Å². The molecule has 0 radical (unpaired) electrons. The predicted molar refractivity (Wildman–Crippen MR) is 95.2 cm³/mol. The quantitative estimate of drug-likeness (QED) is 0.588. The van der Waals surface area contributed by atoms with Crippen LogP contribution in [0.4, 0.5) is 5.69 Å². The fourth-order valence-electron chi connectivity index (χ4n) is 2.36. The average molecular weight is 361 g/mol. The molecule has 0 aliphatic carbocycles. The number of hydrogen-bond acceptors (Lipinski definition) is 1. The van der Waals surface area contributed by atoms with Crippen LogP contribution in [0.2, 0.25) is 5.02 Å². The van der Waals surface area contributed by atoms with Gasteiger partial charge < -0.3 is 5.32 Å². The third kappa shape index (κ3) is 3.07. The summed E-state index contributed by atoms with van der Waals surface area (Å²) in [6.45, 7) is 2.77. The number of anilines is 1. The van der Waals surface area contributed by atoms with E-state index in [-0.39, 0.29) is 0 Å². The first-order valence-electron chi connectivity index (χ1n) is 6.81. The molecule has 3 rings (SSSR count). The minimum Gasteiger partial charge on any atom is -0.380 e. The van der Waals surface area contributed by atoms with Crippen LogP contribution in [-0.2, 0) is 6.54 Å². The fourth-order valence-corrected chi connectivity index (χ4v) is 3.04. The van der Waals surface area contributed by atoms with Gasteiger partial charge >= 0.3 is 0 Å². The molecule has 0 aliphatic heterocycles. The molecule has 0 spiro atoms. The molecular formula is C18H15BrClN. The molecule has 0 bridgehead atoms. The summed E-state index contributed by atoms with van der Waals surface area (Å²) in [4.78, 5) is 0. The van der Waals surface area contributed by atoms with Crippen LogP contribution in [0.5, 0.6) is 0 Å². The van der Waals surface area contributed by atoms with Crippen molar-refractivity contribution < 1.29 is 0 Å². The van der Waals surface area contributed by atoms with Crippen LogP contribution in [-0.4, -0.2) is 0 Å². The summed E-state index contributed by atoms with van der Waals surface area (Å²) in [7, 11) is 0. The summed E-state index contributed by atoms with van der Waals surface area (Å²) < 4.78 is 1.11. The molecule has 0 fully saturated rings. The summed E-state index contributed by atoms with van der Waals surface area (Å²) in [6.07, 6.45) is 0. The van der Waals surface area contributed by atoms with Crippen LogP contribution in [0.3, 0.4) is 0 Å². The van der Waals surface area contributed by atoms with Crippen molar-refractivity contribution in [2.45, 2.75) is 13.5 Å². The Morgan fingerprint density at radius 2 is 1.76 bits per heavy atom. The zero-order valence-electron chi connectivity index (χ0n) is 11.7. The SMILES string of the molecule is Cc1ccc(CNc2ccc(Br)c3ccccc23)cc1Cl. The molecule has 3 heteroatoms. The third-order valence-electron chi connectivity index (χ3n) is 3.59. The molecule has 3 aromatic carbocycles. The molecule has 0 saturated heterocycles. The van der Waals surface area contributed by atoms with E-state index in [1.165, 1.54) is 16.3 Å². The Kier molecular flexibility index (Phi) is 4.18. The smallest absolute Gasteiger partial charge is 0.0438 e. The number of hydrogen-bond donors (Lipinski definition) is 1. The standard InChI is InChI=1S/C18H15BrClN/c1-12-6-7-13(10-17(12)20)11-21-18-9-8-16(19)14-4-2-3-5-15(14)18/h2-10,21H,11H2,1H3. The van der Waals surface area contributed by atoms with Crippen molar-refractivity contribution in [3.05, 3.63) is 75.2 Å². The van der Waals surface area contributed by atoms with Crippen molar-refractivity contribution in [1.82, 2.24) is 0 Å². The summed E-state index contributed by atoms with van der Waals surface area (Å²) in [5.41, 5.74) is 3.41. The summed E-state index contributed by atoms with van der Waals surface area (Å²) in [6, 6.07) is 18.7. The van der Waals surface area contributed by atoms with Gasteiger partial charge in [-0.1, -0.05) is 63.9 Å². The van der Waals surface area contributed by atoms with E-state index in [4.69, 9.17) is 11.6 Å². The number of rotatable bonds is 3. The van der Waals surface area contributed by atoms with Gasteiger partial charge in [-0.05, 0) is 41.6 Å². The van der Waals surface area contributed by atoms with Crippen molar-refractivity contribution >= 4 is 44.0 Å². The van der Waals surface area contributed by atoms with E-state index < -0.39 is 0 Å². The molecule has 0 aliphatic rings. The van der Waals surface area contributed by atoms with Crippen LogP contribution < -0.4 is 5.32 Å². The van der Waals surface area contributed by atoms with Crippen molar-refractivity contribution in [3.8, 4) is 0 Å². The van der Waals surface area contributed by atoms with E-state index in [2.05, 4.69) is 69.8 Å². The van der Waals surface area contributed by atoms with Crippen molar-refractivity contribution in [2.75, 3.05) is 5.32 Å². The maximum atomic E-state index is 6.18. The van der Waals surface area contributed by atoms with Gasteiger partial charge in [-0.15, -0.1) is 0 Å². The summed E-state index contributed by atoms with van der Waals surface area (Å²) >= 11 is 9.78.